The summed E-state index contributed by atoms with van der Waals surface area (Å²) in [6.07, 6.45) is 1.75. The molecule has 0 unspecified atom stereocenters. The first-order chi connectivity index (χ1) is 11.7. The van der Waals surface area contributed by atoms with Gasteiger partial charge in [0.25, 0.3) is 5.91 Å². The van der Waals surface area contributed by atoms with E-state index in [1.54, 1.807) is 31.5 Å². The van der Waals surface area contributed by atoms with Crippen LogP contribution in [0.3, 0.4) is 0 Å². The molecule has 0 aliphatic rings. The summed E-state index contributed by atoms with van der Waals surface area (Å²) < 4.78 is 10.7. The molecule has 0 aliphatic carbocycles. The maximum absolute atomic E-state index is 12.0. The summed E-state index contributed by atoms with van der Waals surface area (Å²) in [5.74, 6) is 1.34. The minimum Gasteiger partial charge on any atom is -0.493 e. The van der Waals surface area contributed by atoms with Gasteiger partial charge in [-0.25, -0.2) is 4.98 Å². The number of nitrogens with zero attached hydrogens (tertiary/aromatic N) is 2. The third-order valence-corrected chi connectivity index (χ3v) is 3.57. The number of para-hydroxylation sites is 2. The van der Waals surface area contributed by atoms with E-state index in [0.717, 1.165) is 18.8 Å². The summed E-state index contributed by atoms with van der Waals surface area (Å²) in [6.45, 7) is 5.90. The van der Waals surface area contributed by atoms with Crippen molar-refractivity contribution in [1.29, 1.82) is 0 Å². The monoisotopic (exact) mass is 329 g/mol. The molecular weight excluding hydrogens is 306 g/mol. The molecule has 1 aromatic carbocycles. The fourth-order valence-electron chi connectivity index (χ4n) is 2.30. The molecule has 1 amide bonds. The standard InChI is InChI=1S/C18H23N3O3/c1-4-21(5-2)14-10-11-17(19-12-14)20-18(22)13-24-16-9-7-6-8-15(16)23-3/h6-12H,4-5,13H2,1-3H3,(H,19,20,22). The van der Waals surface area contributed by atoms with Crippen molar-refractivity contribution in [3.05, 3.63) is 42.6 Å². The quantitative estimate of drug-likeness (QED) is 0.807. The van der Waals surface area contributed by atoms with Gasteiger partial charge in [-0.05, 0) is 38.1 Å². The maximum atomic E-state index is 12.0. The predicted molar refractivity (Wildman–Crippen MR) is 94.9 cm³/mol. The van der Waals surface area contributed by atoms with Crippen molar-refractivity contribution >= 4 is 17.4 Å². The van der Waals surface area contributed by atoms with Crippen molar-refractivity contribution in [3.8, 4) is 11.5 Å². The fourth-order valence-corrected chi connectivity index (χ4v) is 2.30. The van der Waals surface area contributed by atoms with Gasteiger partial charge in [0.1, 0.15) is 5.82 Å². The van der Waals surface area contributed by atoms with E-state index in [2.05, 4.69) is 29.0 Å². The molecule has 1 aromatic heterocycles. The Kier molecular flexibility index (Phi) is 6.42. The summed E-state index contributed by atoms with van der Waals surface area (Å²) in [7, 11) is 1.56. The second kappa shape index (κ2) is 8.76. The van der Waals surface area contributed by atoms with Crippen LogP contribution < -0.4 is 19.7 Å². The minimum atomic E-state index is -0.274. The number of benzene rings is 1. The van der Waals surface area contributed by atoms with Crippen LogP contribution >= 0.6 is 0 Å². The number of pyridine rings is 1. The molecule has 0 aliphatic heterocycles. The largest absolute Gasteiger partial charge is 0.493 e. The van der Waals surface area contributed by atoms with Crippen LogP contribution in [0.15, 0.2) is 42.6 Å². The Hall–Kier alpha value is -2.76. The van der Waals surface area contributed by atoms with Crippen molar-refractivity contribution < 1.29 is 14.3 Å². The molecule has 0 saturated carbocycles. The highest BCUT2D eigenvalue weighted by Crippen LogP contribution is 2.25. The molecule has 0 bridgehead atoms. The number of aromatic nitrogens is 1. The highest BCUT2D eigenvalue weighted by molar-refractivity contribution is 5.91. The highest BCUT2D eigenvalue weighted by atomic mass is 16.5. The molecule has 1 N–H and O–H groups in total. The Morgan fingerprint density at radius 2 is 1.83 bits per heavy atom. The van der Waals surface area contributed by atoms with Crippen molar-refractivity contribution in [3.63, 3.8) is 0 Å². The van der Waals surface area contributed by atoms with Crippen LogP contribution in [0, 0.1) is 0 Å². The van der Waals surface area contributed by atoms with Crippen LogP contribution in [-0.4, -0.2) is 37.7 Å². The number of methoxy groups -OCH3 is 1. The lowest BCUT2D eigenvalue weighted by Gasteiger charge is -2.20. The van der Waals surface area contributed by atoms with E-state index in [-0.39, 0.29) is 12.5 Å². The van der Waals surface area contributed by atoms with E-state index in [0.29, 0.717) is 17.3 Å². The lowest BCUT2D eigenvalue weighted by molar-refractivity contribution is -0.118. The molecule has 2 rings (SSSR count). The number of ether oxygens (including phenoxy) is 2. The number of hydrogen-bond donors (Lipinski definition) is 1. The van der Waals surface area contributed by atoms with Gasteiger partial charge in [-0.1, -0.05) is 12.1 Å². The Balaban J connectivity index is 1.90. The van der Waals surface area contributed by atoms with Crippen molar-refractivity contribution in [2.45, 2.75) is 13.8 Å². The van der Waals surface area contributed by atoms with Gasteiger partial charge >= 0.3 is 0 Å². The van der Waals surface area contributed by atoms with Gasteiger partial charge in [0.2, 0.25) is 0 Å². The molecule has 0 atom stereocenters. The third kappa shape index (κ3) is 4.62. The number of anilines is 2. The van der Waals surface area contributed by atoms with Crippen LogP contribution in [0.4, 0.5) is 11.5 Å². The SMILES string of the molecule is CCN(CC)c1ccc(NC(=O)COc2ccccc2OC)nc1. The molecule has 0 saturated heterocycles. The average molecular weight is 329 g/mol. The first kappa shape index (κ1) is 17.6. The van der Waals surface area contributed by atoms with Crippen LogP contribution in [0.5, 0.6) is 11.5 Å². The van der Waals surface area contributed by atoms with Crippen LogP contribution in [0.1, 0.15) is 13.8 Å². The Labute approximate surface area is 142 Å². The zero-order valence-corrected chi connectivity index (χ0v) is 14.3. The minimum absolute atomic E-state index is 0.111. The Bertz CT molecular complexity index is 655. The molecule has 0 radical (unpaired) electrons. The smallest absolute Gasteiger partial charge is 0.263 e. The van der Waals surface area contributed by atoms with Crippen LogP contribution in [0.2, 0.25) is 0 Å². The summed E-state index contributed by atoms with van der Waals surface area (Å²) in [4.78, 5) is 18.4. The molecule has 6 nitrogen and oxygen atoms in total. The van der Waals surface area contributed by atoms with Crippen LogP contribution in [-0.2, 0) is 4.79 Å². The number of hydrogen-bond acceptors (Lipinski definition) is 5. The molecule has 1 heterocycles. The lowest BCUT2D eigenvalue weighted by atomic mass is 10.3. The highest BCUT2D eigenvalue weighted by Gasteiger charge is 2.08. The van der Waals surface area contributed by atoms with Gasteiger partial charge in [-0.3, -0.25) is 4.79 Å². The van der Waals surface area contributed by atoms with Crippen molar-refractivity contribution in [2.24, 2.45) is 0 Å². The van der Waals surface area contributed by atoms with E-state index >= 15 is 0 Å². The zero-order valence-electron chi connectivity index (χ0n) is 14.3. The average Bonchev–Trinajstić information content (AvgIpc) is 2.62. The summed E-state index contributed by atoms with van der Waals surface area (Å²) in [6, 6.07) is 10.9. The summed E-state index contributed by atoms with van der Waals surface area (Å²) in [5, 5.41) is 2.72. The van der Waals surface area contributed by atoms with Crippen molar-refractivity contribution in [2.75, 3.05) is 37.0 Å². The molecule has 2 aromatic rings. The summed E-state index contributed by atoms with van der Waals surface area (Å²) >= 11 is 0. The normalized spacial score (nSPS) is 10.1. The number of amides is 1. The molecule has 128 valence electrons. The maximum Gasteiger partial charge on any atom is 0.263 e. The van der Waals surface area contributed by atoms with Crippen molar-refractivity contribution in [1.82, 2.24) is 4.98 Å². The predicted octanol–water partition coefficient (Wildman–Crippen LogP) is 2.95. The second-order valence-electron chi connectivity index (χ2n) is 5.06. The van der Waals surface area contributed by atoms with Gasteiger partial charge in [0, 0.05) is 13.1 Å². The van der Waals surface area contributed by atoms with E-state index in [4.69, 9.17) is 9.47 Å². The van der Waals surface area contributed by atoms with Gasteiger partial charge in [0.15, 0.2) is 18.1 Å². The number of carbonyl (C=O) groups excluding carboxylic acids is 1. The number of carbonyl (C=O) groups is 1. The summed E-state index contributed by atoms with van der Waals surface area (Å²) in [5.41, 5.74) is 1.03. The molecule has 24 heavy (non-hydrogen) atoms. The zero-order chi connectivity index (χ0) is 17.4. The van der Waals surface area contributed by atoms with Gasteiger partial charge < -0.3 is 19.7 Å². The van der Waals surface area contributed by atoms with E-state index < -0.39 is 0 Å². The topological polar surface area (TPSA) is 63.7 Å². The van der Waals surface area contributed by atoms with Gasteiger partial charge in [-0.15, -0.1) is 0 Å². The Morgan fingerprint density at radius 1 is 1.12 bits per heavy atom. The van der Waals surface area contributed by atoms with Gasteiger partial charge in [-0.2, -0.15) is 0 Å². The molecule has 0 spiro atoms. The Morgan fingerprint density at radius 3 is 2.42 bits per heavy atom. The molecule has 0 fully saturated rings. The number of nitrogens with one attached hydrogen (secondary N) is 1. The van der Waals surface area contributed by atoms with E-state index in [1.807, 2.05) is 18.2 Å². The number of rotatable bonds is 8. The lowest BCUT2D eigenvalue weighted by Crippen LogP contribution is -2.23. The van der Waals surface area contributed by atoms with E-state index in [1.165, 1.54) is 0 Å². The fraction of sp³-hybridized carbons (Fsp3) is 0.333. The van der Waals surface area contributed by atoms with Crippen LogP contribution in [0.25, 0.3) is 0 Å². The van der Waals surface area contributed by atoms with E-state index in [9.17, 15) is 4.79 Å². The first-order valence-corrected chi connectivity index (χ1v) is 7.94. The second-order valence-corrected chi connectivity index (χ2v) is 5.06. The first-order valence-electron chi connectivity index (χ1n) is 7.94. The third-order valence-electron chi connectivity index (χ3n) is 3.57. The van der Waals surface area contributed by atoms with Gasteiger partial charge in [0.05, 0.1) is 19.0 Å². The molecule has 6 heteroatoms. The molecular formula is C18H23N3O3.